The molecule has 1 amide bonds. The van der Waals surface area contributed by atoms with Gasteiger partial charge >= 0.3 is 0 Å². The molecule has 2 saturated heterocycles. The summed E-state index contributed by atoms with van der Waals surface area (Å²) < 4.78 is 0. The normalized spacial score (nSPS) is 24.0. The maximum atomic E-state index is 13.0. The van der Waals surface area contributed by atoms with Crippen LogP contribution < -0.4 is 4.90 Å². The van der Waals surface area contributed by atoms with Gasteiger partial charge in [-0.3, -0.25) is 9.69 Å². The molecule has 0 saturated carbocycles. The Hall–Kier alpha value is -1.55. The first kappa shape index (κ1) is 17.3. The van der Waals surface area contributed by atoms with Crippen molar-refractivity contribution in [1.82, 2.24) is 9.80 Å². The summed E-state index contributed by atoms with van der Waals surface area (Å²) in [5.41, 5.74) is 1.29. The Morgan fingerprint density at radius 1 is 1.08 bits per heavy atom. The average Bonchev–Trinajstić information content (AvgIpc) is 2.67. The largest absolute Gasteiger partial charge is 0.369 e. The molecule has 2 unspecified atom stereocenters. The molecule has 3 rings (SSSR count). The summed E-state index contributed by atoms with van der Waals surface area (Å²) >= 11 is 0. The van der Waals surface area contributed by atoms with Gasteiger partial charge in [0.1, 0.15) is 0 Å². The second kappa shape index (κ2) is 8.02. The van der Waals surface area contributed by atoms with Gasteiger partial charge in [-0.2, -0.15) is 0 Å². The van der Waals surface area contributed by atoms with Crippen molar-refractivity contribution in [3.63, 3.8) is 0 Å². The summed E-state index contributed by atoms with van der Waals surface area (Å²) in [7, 11) is 0. The summed E-state index contributed by atoms with van der Waals surface area (Å²) in [6.45, 7) is 9.18. The molecule has 132 valence electrons. The van der Waals surface area contributed by atoms with Gasteiger partial charge in [0.25, 0.3) is 0 Å². The highest BCUT2D eigenvalue weighted by molar-refractivity contribution is 5.82. The lowest BCUT2D eigenvalue weighted by atomic mass is 9.99. The summed E-state index contributed by atoms with van der Waals surface area (Å²) in [5, 5.41) is 0. The van der Waals surface area contributed by atoms with Crippen molar-refractivity contribution >= 4 is 11.6 Å². The number of nitrogens with zero attached hydrogens (tertiary/aromatic N) is 3. The smallest absolute Gasteiger partial charge is 0.239 e. The molecule has 0 aromatic heterocycles. The topological polar surface area (TPSA) is 26.8 Å². The maximum absolute atomic E-state index is 13.0. The van der Waals surface area contributed by atoms with Crippen LogP contribution in [-0.2, 0) is 4.79 Å². The molecular weight excluding hydrogens is 298 g/mol. The quantitative estimate of drug-likeness (QED) is 0.850. The second-order valence-corrected chi connectivity index (χ2v) is 7.12. The third-order valence-electron chi connectivity index (χ3n) is 5.72. The third kappa shape index (κ3) is 3.75. The number of amides is 1. The number of hydrogen-bond acceptors (Lipinski definition) is 3. The van der Waals surface area contributed by atoms with Crippen molar-refractivity contribution in [3.8, 4) is 0 Å². The van der Waals surface area contributed by atoms with E-state index in [4.69, 9.17) is 0 Å². The number of piperidine rings is 1. The average molecular weight is 329 g/mol. The number of piperazine rings is 1. The highest BCUT2D eigenvalue weighted by Crippen LogP contribution is 2.22. The molecule has 1 aromatic carbocycles. The van der Waals surface area contributed by atoms with Crippen LogP contribution in [-0.4, -0.2) is 60.5 Å². The van der Waals surface area contributed by atoms with Crippen LogP contribution in [0.25, 0.3) is 0 Å². The summed E-state index contributed by atoms with van der Waals surface area (Å²) in [6.07, 6.45) is 4.69. The zero-order valence-electron chi connectivity index (χ0n) is 15.2. The fraction of sp³-hybridized carbons (Fsp3) is 0.650. The van der Waals surface area contributed by atoms with E-state index in [2.05, 4.69) is 58.9 Å². The van der Waals surface area contributed by atoms with Crippen LogP contribution in [0.3, 0.4) is 0 Å². The first-order valence-corrected chi connectivity index (χ1v) is 9.55. The SMILES string of the molecule is CCC1CCCCN1C(=O)C(C)N1CCN(c2ccccc2)CC1. The van der Waals surface area contributed by atoms with Crippen molar-refractivity contribution < 1.29 is 4.79 Å². The number of carbonyl (C=O) groups is 1. The minimum absolute atomic E-state index is 0.00933. The van der Waals surface area contributed by atoms with Gasteiger partial charge in [0.15, 0.2) is 0 Å². The molecule has 4 nitrogen and oxygen atoms in total. The lowest BCUT2D eigenvalue weighted by Gasteiger charge is -2.42. The van der Waals surface area contributed by atoms with E-state index in [0.29, 0.717) is 11.9 Å². The van der Waals surface area contributed by atoms with Crippen LogP contribution in [0, 0.1) is 0 Å². The van der Waals surface area contributed by atoms with E-state index in [1.165, 1.54) is 18.5 Å². The molecule has 0 N–H and O–H groups in total. The van der Waals surface area contributed by atoms with E-state index in [1.54, 1.807) is 0 Å². The monoisotopic (exact) mass is 329 g/mol. The van der Waals surface area contributed by atoms with E-state index in [0.717, 1.165) is 45.6 Å². The van der Waals surface area contributed by atoms with Gasteiger partial charge in [0.2, 0.25) is 5.91 Å². The number of para-hydroxylation sites is 1. The molecule has 4 heteroatoms. The number of rotatable bonds is 4. The lowest BCUT2D eigenvalue weighted by molar-refractivity contribution is -0.140. The molecule has 0 bridgehead atoms. The molecular formula is C20H31N3O. The summed E-state index contributed by atoms with van der Waals surface area (Å²) in [6, 6.07) is 11.1. The molecule has 0 spiro atoms. The maximum Gasteiger partial charge on any atom is 0.239 e. The highest BCUT2D eigenvalue weighted by Gasteiger charge is 2.32. The fourth-order valence-electron chi connectivity index (χ4n) is 4.12. The minimum Gasteiger partial charge on any atom is -0.369 e. The molecule has 2 atom stereocenters. The van der Waals surface area contributed by atoms with Crippen LogP contribution >= 0.6 is 0 Å². The van der Waals surface area contributed by atoms with Gasteiger partial charge in [-0.05, 0) is 44.7 Å². The van der Waals surface area contributed by atoms with Gasteiger partial charge in [-0.15, -0.1) is 0 Å². The van der Waals surface area contributed by atoms with Crippen LogP contribution in [0.1, 0.15) is 39.5 Å². The first-order chi connectivity index (χ1) is 11.7. The van der Waals surface area contributed by atoms with E-state index in [-0.39, 0.29) is 6.04 Å². The molecule has 2 aliphatic rings. The van der Waals surface area contributed by atoms with E-state index in [1.807, 2.05) is 0 Å². The molecule has 0 aliphatic carbocycles. The molecule has 0 radical (unpaired) electrons. The zero-order chi connectivity index (χ0) is 16.9. The Bertz CT molecular complexity index is 525. The molecule has 2 heterocycles. The number of benzene rings is 1. The van der Waals surface area contributed by atoms with Crippen LogP contribution in [0.4, 0.5) is 5.69 Å². The van der Waals surface area contributed by atoms with Crippen molar-refractivity contribution in [2.24, 2.45) is 0 Å². The number of hydrogen-bond donors (Lipinski definition) is 0. The summed E-state index contributed by atoms with van der Waals surface area (Å²) in [5.74, 6) is 0.342. The van der Waals surface area contributed by atoms with Crippen LogP contribution in [0.15, 0.2) is 30.3 Å². The Morgan fingerprint density at radius 2 is 1.79 bits per heavy atom. The van der Waals surface area contributed by atoms with Crippen LogP contribution in [0.5, 0.6) is 0 Å². The first-order valence-electron chi connectivity index (χ1n) is 9.55. The Balaban J connectivity index is 1.56. The van der Waals surface area contributed by atoms with Crippen LogP contribution in [0.2, 0.25) is 0 Å². The zero-order valence-corrected chi connectivity index (χ0v) is 15.2. The lowest BCUT2D eigenvalue weighted by Crippen LogP contribution is -2.56. The van der Waals surface area contributed by atoms with Crippen molar-refractivity contribution in [3.05, 3.63) is 30.3 Å². The standard InChI is InChI=1S/C20H31N3O/c1-3-18-9-7-8-12-23(18)20(24)17(2)21-13-15-22(16-14-21)19-10-5-4-6-11-19/h4-6,10-11,17-18H,3,7-9,12-16H2,1-2H3. The van der Waals surface area contributed by atoms with Gasteiger partial charge in [-0.25, -0.2) is 0 Å². The molecule has 1 aromatic rings. The van der Waals surface area contributed by atoms with E-state index >= 15 is 0 Å². The van der Waals surface area contributed by atoms with Gasteiger partial charge in [-0.1, -0.05) is 25.1 Å². The van der Waals surface area contributed by atoms with Gasteiger partial charge in [0, 0.05) is 44.5 Å². The summed E-state index contributed by atoms with van der Waals surface area (Å²) in [4.78, 5) is 19.9. The Morgan fingerprint density at radius 3 is 2.46 bits per heavy atom. The predicted octanol–water partition coefficient (Wildman–Crippen LogP) is 2.99. The Kier molecular flexibility index (Phi) is 5.77. The van der Waals surface area contributed by atoms with Gasteiger partial charge < -0.3 is 9.80 Å². The van der Waals surface area contributed by atoms with Crippen molar-refractivity contribution in [1.29, 1.82) is 0 Å². The minimum atomic E-state index is 0.00933. The number of carbonyl (C=O) groups excluding carboxylic acids is 1. The fourth-order valence-corrected chi connectivity index (χ4v) is 4.12. The van der Waals surface area contributed by atoms with Crippen molar-refractivity contribution in [2.45, 2.75) is 51.6 Å². The Labute approximate surface area is 146 Å². The number of anilines is 1. The van der Waals surface area contributed by atoms with Gasteiger partial charge in [0.05, 0.1) is 6.04 Å². The predicted molar refractivity (Wildman–Crippen MR) is 99.3 cm³/mol. The molecule has 24 heavy (non-hydrogen) atoms. The highest BCUT2D eigenvalue weighted by atomic mass is 16.2. The van der Waals surface area contributed by atoms with Crippen molar-refractivity contribution in [2.75, 3.05) is 37.6 Å². The van der Waals surface area contributed by atoms with E-state index < -0.39 is 0 Å². The van der Waals surface area contributed by atoms with E-state index in [9.17, 15) is 4.79 Å². The number of likely N-dealkylation sites (tertiary alicyclic amines) is 1. The third-order valence-corrected chi connectivity index (χ3v) is 5.72. The molecule has 2 aliphatic heterocycles. The molecule has 2 fully saturated rings. The second-order valence-electron chi connectivity index (χ2n) is 7.12.